The molecule has 0 atom stereocenters. The first-order chi connectivity index (χ1) is 25.7. The Labute approximate surface area is 297 Å². The van der Waals surface area contributed by atoms with Crippen LogP contribution in [0.1, 0.15) is 0 Å². The van der Waals surface area contributed by atoms with Gasteiger partial charge in [0.05, 0.1) is 0 Å². The Morgan fingerprint density at radius 3 is 1.81 bits per heavy atom. The lowest BCUT2D eigenvalue weighted by molar-refractivity contribution is 0.669. The highest BCUT2D eigenvalue weighted by atomic mass is 16.3. The molecule has 0 saturated carbocycles. The SMILES string of the molecule is c1cc(-c2nc(-c3ccc4cc5c(cc4c3)oc3ccccc35)nc(-c3cccc4oc5ccccc5c34)n2)cc(-c2cccc3ccccc23)c1. The maximum atomic E-state index is 6.27. The van der Waals surface area contributed by atoms with E-state index in [0.717, 1.165) is 82.5 Å². The highest BCUT2D eigenvalue weighted by Crippen LogP contribution is 2.38. The van der Waals surface area contributed by atoms with Gasteiger partial charge in [0.25, 0.3) is 0 Å². The van der Waals surface area contributed by atoms with Crippen LogP contribution in [0.3, 0.4) is 0 Å². The van der Waals surface area contributed by atoms with Gasteiger partial charge in [0.1, 0.15) is 22.3 Å². The van der Waals surface area contributed by atoms with Crippen LogP contribution in [0.25, 0.3) is 111 Å². The van der Waals surface area contributed by atoms with Crippen LogP contribution < -0.4 is 0 Å². The molecule has 0 aliphatic heterocycles. The van der Waals surface area contributed by atoms with Crippen molar-refractivity contribution in [2.75, 3.05) is 0 Å². The van der Waals surface area contributed by atoms with Crippen LogP contribution in [-0.4, -0.2) is 15.0 Å². The summed E-state index contributed by atoms with van der Waals surface area (Å²) in [5, 5.41) is 8.79. The third kappa shape index (κ3) is 4.53. The summed E-state index contributed by atoms with van der Waals surface area (Å²) in [6.45, 7) is 0. The number of hydrogen-bond donors (Lipinski definition) is 0. The molecule has 0 spiro atoms. The topological polar surface area (TPSA) is 65.0 Å². The molecule has 0 unspecified atom stereocenters. The van der Waals surface area contributed by atoms with Crippen molar-refractivity contribution in [2.24, 2.45) is 0 Å². The van der Waals surface area contributed by atoms with Gasteiger partial charge >= 0.3 is 0 Å². The van der Waals surface area contributed by atoms with Gasteiger partial charge in [-0.25, -0.2) is 15.0 Å². The summed E-state index contributed by atoms with van der Waals surface area (Å²) in [6, 6.07) is 56.4. The first kappa shape index (κ1) is 28.7. The molecule has 52 heavy (non-hydrogen) atoms. The van der Waals surface area contributed by atoms with Gasteiger partial charge in [0.2, 0.25) is 0 Å². The zero-order valence-electron chi connectivity index (χ0n) is 27.7. The molecule has 3 heterocycles. The van der Waals surface area contributed by atoms with E-state index in [4.69, 9.17) is 23.8 Å². The third-order valence-corrected chi connectivity index (χ3v) is 10.1. The molecule has 0 saturated heterocycles. The predicted octanol–water partition coefficient (Wildman–Crippen LogP) is 12.6. The Bertz CT molecular complexity index is 3200. The minimum absolute atomic E-state index is 0.584. The van der Waals surface area contributed by atoms with Gasteiger partial charge in [-0.05, 0) is 75.1 Å². The standard InChI is InChI=1S/C47H27N3O2/c1-2-14-34-28(10-1)11-8-17-35(34)30-12-7-13-31(24-30)45-48-46(50-47(49-45)38-18-9-21-42-44(38)37-16-4-6-20-41(37)51-42)32-23-22-29-26-39-36-15-3-5-19-40(36)52-43(39)27-33(29)25-32/h1-27H. The number of hydrogen-bond acceptors (Lipinski definition) is 5. The van der Waals surface area contributed by atoms with Crippen LogP contribution in [0, 0.1) is 0 Å². The first-order valence-electron chi connectivity index (χ1n) is 17.3. The molecule has 0 aliphatic rings. The van der Waals surface area contributed by atoms with E-state index in [1.807, 2.05) is 48.5 Å². The summed E-state index contributed by atoms with van der Waals surface area (Å²) in [5.74, 6) is 1.77. The molecule has 0 fully saturated rings. The number of fused-ring (bicyclic) bond motifs is 8. The third-order valence-electron chi connectivity index (χ3n) is 10.1. The van der Waals surface area contributed by atoms with Crippen LogP contribution in [0.2, 0.25) is 0 Å². The van der Waals surface area contributed by atoms with Gasteiger partial charge in [0, 0.05) is 38.2 Å². The van der Waals surface area contributed by atoms with Gasteiger partial charge in [-0.1, -0.05) is 121 Å². The average molecular weight is 666 g/mol. The molecule has 11 aromatic rings. The second-order valence-electron chi connectivity index (χ2n) is 13.2. The van der Waals surface area contributed by atoms with Crippen LogP contribution in [0.4, 0.5) is 0 Å². The van der Waals surface area contributed by atoms with E-state index in [9.17, 15) is 0 Å². The molecule has 0 bridgehead atoms. The van der Waals surface area contributed by atoms with Crippen molar-refractivity contribution >= 4 is 65.4 Å². The Morgan fingerprint density at radius 2 is 0.923 bits per heavy atom. The molecule has 3 aromatic heterocycles. The van der Waals surface area contributed by atoms with E-state index in [1.54, 1.807) is 0 Å². The van der Waals surface area contributed by atoms with Gasteiger partial charge in [-0.3, -0.25) is 0 Å². The van der Waals surface area contributed by atoms with Crippen LogP contribution >= 0.6 is 0 Å². The summed E-state index contributed by atoms with van der Waals surface area (Å²) >= 11 is 0. The molecule has 8 aromatic carbocycles. The number of furan rings is 2. The van der Waals surface area contributed by atoms with E-state index >= 15 is 0 Å². The van der Waals surface area contributed by atoms with Crippen molar-refractivity contribution in [3.05, 3.63) is 164 Å². The van der Waals surface area contributed by atoms with Crippen LogP contribution in [0.5, 0.6) is 0 Å². The fourth-order valence-corrected chi connectivity index (χ4v) is 7.63. The normalized spacial score (nSPS) is 11.8. The van der Waals surface area contributed by atoms with Crippen molar-refractivity contribution in [1.29, 1.82) is 0 Å². The van der Waals surface area contributed by atoms with Crippen molar-refractivity contribution in [2.45, 2.75) is 0 Å². The largest absolute Gasteiger partial charge is 0.456 e. The zero-order valence-corrected chi connectivity index (χ0v) is 27.7. The molecular formula is C47H27N3O2. The molecule has 5 heteroatoms. The van der Waals surface area contributed by atoms with Crippen molar-refractivity contribution < 1.29 is 8.83 Å². The number of para-hydroxylation sites is 2. The number of aromatic nitrogens is 3. The summed E-state index contributed by atoms with van der Waals surface area (Å²) in [5.41, 5.74) is 8.30. The van der Waals surface area contributed by atoms with Crippen molar-refractivity contribution in [1.82, 2.24) is 15.0 Å². The average Bonchev–Trinajstić information content (AvgIpc) is 3.77. The lowest BCUT2D eigenvalue weighted by atomic mass is 9.97. The summed E-state index contributed by atoms with van der Waals surface area (Å²) in [4.78, 5) is 15.5. The number of nitrogens with zero attached hydrogens (tertiary/aromatic N) is 3. The van der Waals surface area contributed by atoms with Gasteiger partial charge in [0.15, 0.2) is 17.5 Å². The van der Waals surface area contributed by atoms with E-state index in [-0.39, 0.29) is 0 Å². The molecule has 0 aliphatic carbocycles. The number of rotatable bonds is 4. The maximum absolute atomic E-state index is 6.27. The summed E-state index contributed by atoms with van der Waals surface area (Å²) in [6.07, 6.45) is 0. The Balaban J connectivity index is 1.13. The molecule has 0 radical (unpaired) electrons. The Morgan fingerprint density at radius 1 is 0.308 bits per heavy atom. The fourth-order valence-electron chi connectivity index (χ4n) is 7.63. The second kappa shape index (κ2) is 11.2. The smallest absolute Gasteiger partial charge is 0.164 e. The maximum Gasteiger partial charge on any atom is 0.164 e. The minimum Gasteiger partial charge on any atom is -0.456 e. The van der Waals surface area contributed by atoms with E-state index in [1.165, 1.54) is 10.8 Å². The zero-order chi connectivity index (χ0) is 34.2. The second-order valence-corrected chi connectivity index (χ2v) is 13.2. The summed E-state index contributed by atoms with van der Waals surface area (Å²) in [7, 11) is 0. The highest BCUT2D eigenvalue weighted by molar-refractivity contribution is 6.12. The fraction of sp³-hybridized carbons (Fsp3) is 0. The molecule has 242 valence electrons. The Hall–Kier alpha value is -7.11. The minimum atomic E-state index is 0.584. The van der Waals surface area contributed by atoms with E-state index in [0.29, 0.717) is 17.5 Å². The van der Waals surface area contributed by atoms with Crippen LogP contribution in [0.15, 0.2) is 173 Å². The number of benzene rings is 8. The lowest BCUT2D eigenvalue weighted by Crippen LogP contribution is -2.00. The lowest BCUT2D eigenvalue weighted by Gasteiger charge is -2.11. The van der Waals surface area contributed by atoms with Gasteiger partial charge in [-0.2, -0.15) is 0 Å². The molecule has 0 amide bonds. The molecule has 0 N–H and O–H groups in total. The van der Waals surface area contributed by atoms with E-state index < -0.39 is 0 Å². The van der Waals surface area contributed by atoms with Gasteiger partial charge < -0.3 is 8.83 Å². The molecule has 5 nitrogen and oxygen atoms in total. The van der Waals surface area contributed by atoms with Crippen molar-refractivity contribution in [3.8, 4) is 45.3 Å². The van der Waals surface area contributed by atoms with Crippen LogP contribution in [-0.2, 0) is 0 Å². The molecular weight excluding hydrogens is 639 g/mol. The monoisotopic (exact) mass is 665 g/mol. The Kier molecular flexibility index (Phi) is 6.18. The predicted molar refractivity (Wildman–Crippen MR) is 211 cm³/mol. The summed E-state index contributed by atoms with van der Waals surface area (Å²) < 4.78 is 12.5. The van der Waals surface area contributed by atoms with Crippen molar-refractivity contribution in [3.63, 3.8) is 0 Å². The molecule has 11 rings (SSSR count). The quantitative estimate of drug-likeness (QED) is 0.187. The van der Waals surface area contributed by atoms with E-state index in [2.05, 4.69) is 115 Å². The van der Waals surface area contributed by atoms with Gasteiger partial charge in [-0.15, -0.1) is 0 Å². The first-order valence-corrected chi connectivity index (χ1v) is 17.3. The highest BCUT2D eigenvalue weighted by Gasteiger charge is 2.19.